The van der Waals surface area contributed by atoms with Crippen molar-refractivity contribution in [3.05, 3.63) is 58.6 Å². The fourth-order valence-corrected chi connectivity index (χ4v) is 4.78. The normalized spacial score (nSPS) is 15.8. The van der Waals surface area contributed by atoms with E-state index in [1.807, 2.05) is 31.2 Å². The van der Waals surface area contributed by atoms with Crippen LogP contribution in [0.2, 0.25) is 5.02 Å². The van der Waals surface area contributed by atoms with Gasteiger partial charge in [0.1, 0.15) is 0 Å². The highest BCUT2D eigenvalue weighted by Crippen LogP contribution is 2.28. The van der Waals surface area contributed by atoms with Crippen molar-refractivity contribution < 1.29 is 13.2 Å². The summed E-state index contributed by atoms with van der Waals surface area (Å²) < 4.78 is 25.6. The molecule has 1 aliphatic rings. The lowest BCUT2D eigenvalue weighted by Gasteiger charge is -2.19. The van der Waals surface area contributed by atoms with Gasteiger partial charge in [-0.2, -0.15) is 0 Å². The Morgan fingerprint density at radius 2 is 2.00 bits per heavy atom. The highest BCUT2D eigenvalue weighted by atomic mass is 35.5. The third-order valence-electron chi connectivity index (χ3n) is 4.46. The van der Waals surface area contributed by atoms with Crippen molar-refractivity contribution in [3.8, 4) is 0 Å². The number of nitrogens with one attached hydrogen (secondary N) is 1. The van der Waals surface area contributed by atoms with Crippen molar-refractivity contribution in [2.45, 2.75) is 26.2 Å². The second-order valence-electron chi connectivity index (χ2n) is 6.38. The summed E-state index contributed by atoms with van der Waals surface area (Å²) in [7, 11) is -3.24. The molecule has 138 valence electrons. The molecule has 1 fully saturated rings. The summed E-state index contributed by atoms with van der Waals surface area (Å²) >= 11 is 6.12. The number of hydrogen-bond acceptors (Lipinski definition) is 3. The zero-order valence-electron chi connectivity index (χ0n) is 14.5. The fourth-order valence-electron chi connectivity index (χ4n) is 2.99. The molecule has 1 saturated heterocycles. The van der Waals surface area contributed by atoms with Crippen molar-refractivity contribution in [1.29, 1.82) is 0 Å². The van der Waals surface area contributed by atoms with E-state index in [4.69, 9.17) is 11.6 Å². The zero-order chi connectivity index (χ0) is 18.7. The summed E-state index contributed by atoms with van der Waals surface area (Å²) in [5.41, 5.74) is 3.04. The Bertz CT molecular complexity index is 928. The highest BCUT2D eigenvalue weighted by Gasteiger charge is 2.28. The smallest absolute Gasteiger partial charge is 0.235 e. The molecular formula is C19H21ClN2O3S. The summed E-state index contributed by atoms with van der Waals surface area (Å²) in [5, 5.41) is 3.54. The van der Waals surface area contributed by atoms with E-state index < -0.39 is 10.0 Å². The summed E-state index contributed by atoms with van der Waals surface area (Å²) in [4.78, 5) is 12.3. The second kappa shape index (κ2) is 7.68. The van der Waals surface area contributed by atoms with Gasteiger partial charge in [-0.3, -0.25) is 9.10 Å². The Morgan fingerprint density at radius 1 is 1.23 bits per heavy atom. The van der Waals surface area contributed by atoms with Crippen LogP contribution in [0.5, 0.6) is 0 Å². The maximum Gasteiger partial charge on any atom is 0.235 e. The van der Waals surface area contributed by atoms with Gasteiger partial charge in [-0.25, -0.2) is 8.42 Å². The largest absolute Gasteiger partial charge is 0.326 e. The number of sulfonamides is 1. The fraction of sp³-hybridized carbons (Fsp3) is 0.316. The van der Waals surface area contributed by atoms with E-state index in [1.54, 1.807) is 18.2 Å². The van der Waals surface area contributed by atoms with Gasteiger partial charge in [0.15, 0.2) is 0 Å². The summed E-state index contributed by atoms with van der Waals surface area (Å²) in [5.74, 6) is 0.0369. The van der Waals surface area contributed by atoms with Crippen LogP contribution in [0, 0.1) is 6.92 Å². The summed E-state index contributed by atoms with van der Waals surface area (Å²) in [6.07, 6.45) is 1.47. The van der Waals surface area contributed by atoms with Gasteiger partial charge in [0, 0.05) is 23.7 Å². The lowest BCUT2D eigenvalue weighted by Crippen LogP contribution is -2.25. The number of rotatable bonds is 5. The minimum atomic E-state index is -3.24. The van der Waals surface area contributed by atoms with Gasteiger partial charge in [0.2, 0.25) is 15.9 Å². The number of hydrogen-bond donors (Lipinski definition) is 1. The molecule has 1 heterocycles. The molecule has 0 aromatic heterocycles. The Kier molecular flexibility index (Phi) is 5.53. The molecule has 7 heteroatoms. The number of benzene rings is 2. The highest BCUT2D eigenvalue weighted by molar-refractivity contribution is 7.93. The van der Waals surface area contributed by atoms with Gasteiger partial charge in [0.25, 0.3) is 0 Å². The number of carbonyl (C=O) groups is 1. The molecule has 5 nitrogen and oxygen atoms in total. The van der Waals surface area contributed by atoms with Crippen LogP contribution in [-0.4, -0.2) is 26.6 Å². The summed E-state index contributed by atoms with van der Waals surface area (Å²) in [6.45, 7) is 2.36. The first-order valence-corrected chi connectivity index (χ1v) is 10.5. The Labute approximate surface area is 159 Å². The van der Waals surface area contributed by atoms with E-state index in [-0.39, 0.29) is 11.7 Å². The number of amides is 1. The van der Waals surface area contributed by atoms with E-state index in [9.17, 15) is 13.2 Å². The van der Waals surface area contributed by atoms with Crippen LogP contribution in [0.4, 0.5) is 11.4 Å². The Balaban J connectivity index is 1.70. The first kappa shape index (κ1) is 18.7. The van der Waals surface area contributed by atoms with Crippen LogP contribution in [0.25, 0.3) is 0 Å². The van der Waals surface area contributed by atoms with Crippen molar-refractivity contribution in [1.82, 2.24) is 0 Å². The molecule has 3 rings (SSSR count). The van der Waals surface area contributed by atoms with Gasteiger partial charge in [0.05, 0.1) is 11.4 Å². The minimum Gasteiger partial charge on any atom is -0.326 e. The zero-order valence-corrected chi connectivity index (χ0v) is 16.1. The average molecular weight is 393 g/mol. The first-order valence-electron chi connectivity index (χ1n) is 8.51. The number of halogens is 1. The maximum atomic E-state index is 12.3. The van der Waals surface area contributed by atoms with Crippen LogP contribution in [0.1, 0.15) is 24.0 Å². The molecule has 0 bridgehead atoms. The van der Waals surface area contributed by atoms with Gasteiger partial charge in [-0.15, -0.1) is 0 Å². The van der Waals surface area contributed by atoms with Crippen molar-refractivity contribution >= 4 is 38.9 Å². The molecule has 1 N–H and O–H groups in total. The van der Waals surface area contributed by atoms with Crippen LogP contribution in [0.3, 0.4) is 0 Å². The predicted molar refractivity (Wildman–Crippen MR) is 105 cm³/mol. The van der Waals surface area contributed by atoms with Crippen LogP contribution >= 0.6 is 11.6 Å². The summed E-state index contributed by atoms with van der Waals surface area (Å²) in [6, 6.07) is 12.8. The third kappa shape index (κ3) is 4.19. The van der Waals surface area contributed by atoms with Crippen LogP contribution in [0.15, 0.2) is 42.5 Å². The van der Waals surface area contributed by atoms with Gasteiger partial charge >= 0.3 is 0 Å². The molecule has 26 heavy (non-hydrogen) atoms. The maximum absolute atomic E-state index is 12.3. The second-order valence-corrected chi connectivity index (χ2v) is 8.80. The van der Waals surface area contributed by atoms with E-state index in [0.717, 1.165) is 11.1 Å². The molecule has 2 aromatic carbocycles. The molecule has 1 amide bonds. The number of nitrogens with zero attached hydrogens (tertiary/aromatic N) is 1. The van der Waals surface area contributed by atoms with E-state index in [2.05, 4.69) is 5.32 Å². The molecule has 0 aliphatic carbocycles. The van der Waals surface area contributed by atoms with E-state index in [1.165, 1.54) is 4.31 Å². The van der Waals surface area contributed by atoms with E-state index in [0.29, 0.717) is 42.2 Å². The molecule has 0 saturated carbocycles. The SMILES string of the molecule is Cc1ccc(N2CCCS2(=O)=O)cc1NC(=O)CCc1ccccc1Cl. The first-order chi connectivity index (χ1) is 12.4. The van der Waals surface area contributed by atoms with Crippen molar-refractivity contribution in [2.24, 2.45) is 0 Å². The average Bonchev–Trinajstić information content (AvgIpc) is 2.95. The van der Waals surface area contributed by atoms with E-state index >= 15 is 0 Å². The topological polar surface area (TPSA) is 66.5 Å². The molecule has 0 atom stereocenters. The van der Waals surface area contributed by atoms with Crippen molar-refractivity contribution in [2.75, 3.05) is 21.9 Å². The van der Waals surface area contributed by atoms with Crippen molar-refractivity contribution in [3.63, 3.8) is 0 Å². The predicted octanol–water partition coefficient (Wildman–Crippen LogP) is 3.76. The number of aryl methyl sites for hydroxylation is 2. The molecule has 0 spiro atoms. The lowest BCUT2D eigenvalue weighted by atomic mass is 10.1. The number of carbonyl (C=O) groups excluding carboxylic acids is 1. The van der Waals surface area contributed by atoms with Gasteiger partial charge in [-0.1, -0.05) is 35.9 Å². The van der Waals surface area contributed by atoms with Gasteiger partial charge in [-0.05, 0) is 49.1 Å². The number of anilines is 2. The third-order valence-corrected chi connectivity index (χ3v) is 6.70. The minimum absolute atomic E-state index is 0.130. The molecule has 0 radical (unpaired) electrons. The standard InChI is InChI=1S/C19H21ClN2O3S/c1-14-7-9-16(22-11-4-12-26(22,24)25)13-18(14)21-19(23)10-8-15-5-2-3-6-17(15)20/h2-3,5-7,9,13H,4,8,10-12H2,1H3,(H,21,23). The Morgan fingerprint density at radius 3 is 2.69 bits per heavy atom. The lowest BCUT2D eigenvalue weighted by molar-refractivity contribution is -0.116. The van der Waals surface area contributed by atoms with Crippen LogP contribution in [-0.2, 0) is 21.2 Å². The molecular weight excluding hydrogens is 372 g/mol. The van der Waals surface area contributed by atoms with Crippen LogP contribution < -0.4 is 9.62 Å². The molecule has 1 aliphatic heterocycles. The molecule has 2 aromatic rings. The Hall–Kier alpha value is -2.05. The molecule has 0 unspecified atom stereocenters. The monoisotopic (exact) mass is 392 g/mol. The van der Waals surface area contributed by atoms with Gasteiger partial charge < -0.3 is 5.32 Å². The quantitative estimate of drug-likeness (QED) is 0.842.